The van der Waals surface area contributed by atoms with Crippen LogP contribution in [0.15, 0.2) is 23.1 Å². The number of hydrogen-bond donors (Lipinski definition) is 1. The maximum atomic E-state index is 13.3. The predicted molar refractivity (Wildman–Crippen MR) is 117 cm³/mol. The average Bonchev–Trinajstić information content (AvgIpc) is 3.03. The second kappa shape index (κ2) is 9.85. The molecule has 2 heterocycles. The number of amides is 1. The number of piperidine rings is 1. The van der Waals surface area contributed by atoms with Crippen LogP contribution in [-0.4, -0.2) is 76.9 Å². The van der Waals surface area contributed by atoms with Gasteiger partial charge < -0.3 is 10.1 Å². The van der Waals surface area contributed by atoms with Crippen LogP contribution in [0.3, 0.4) is 0 Å². The van der Waals surface area contributed by atoms with E-state index in [2.05, 4.69) is 5.32 Å². The minimum absolute atomic E-state index is 0.0223. The van der Waals surface area contributed by atoms with Crippen LogP contribution in [0.25, 0.3) is 0 Å². The molecule has 0 aliphatic carbocycles. The van der Waals surface area contributed by atoms with E-state index in [-0.39, 0.29) is 28.8 Å². The highest BCUT2D eigenvalue weighted by atomic mass is 32.2. The normalized spacial score (nSPS) is 21.9. The zero-order valence-corrected chi connectivity index (χ0v) is 19.7. The zero-order valence-electron chi connectivity index (χ0n) is 18.0. The summed E-state index contributed by atoms with van der Waals surface area (Å²) in [4.78, 5) is 12.8. The molecule has 1 amide bonds. The number of carbonyl (C=O) groups is 1. The summed E-state index contributed by atoms with van der Waals surface area (Å²) < 4.78 is 58.3. The van der Waals surface area contributed by atoms with Crippen molar-refractivity contribution in [2.24, 2.45) is 0 Å². The van der Waals surface area contributed by atoms with E-state index < -0.39 is 26.0 Å². The molecule has 9 nitrogen and oxygen atoms in total. The lowest BCUT2D eigenvalue weighted by Gasteiger charge is -2.31. The summed E-state index contributed by atoms with van der Waals surface area (Å²) in [5.41, 5.74) is 0.200. The minimum atomic E-state index is -3.80. The van der Waals surface area contributed by atoms with E-state index in [1.54, 1.807) is 0 Å². The van der Waals surface area contributed by atoms with Crippen LogP contribution in [0.5, 0.6) is 5.75 Å². The standard InChI is InChI=1S/C20H31N3O6S2/c1-29-18-10-9-16(14-19(18)31(27,28)22-11-5-3-4-6-12-22)20(24)21-17-8-7-13-23(15-17)30(2,25)26/h9-10,14,17H,3-8,11-13,15H2,1-2H3,(H,21,24). The van der Waals surface area contributed by atoms with Crippen molar-refractivity contribution in [3.8, 4) is 5.75 Å². The van der Waals surface area contributed by atoms with Crippen molar-refractivity contribution in [1.29, 1.82) is 0 Å². The van der Waals surface area contributed by atoms with Crippen LogP contribution >= 0.6 is 0 Å². The molecule has 3 rings (SSSR count). The molecule has 0 radical (unpaired) electrons. The van der Waals surface area contributed by atoms with Crippen molar-refractivity contribution in [1.82, 2.24) is 13.9 Å². The van der Waals surface area contributed by atoms with Crippen molar-refractivity contribution >= 4 is 26.0 Å². The molecule has 1 atom stereocenters. The Morgan fingerprint density at radius 2 is 1.65 bits per heavy atom. The molecule has 1 unspecified atom stereocenters. The Labute approximate surface area is 184 Å². The third-order valence-electron chi connectivity index (χ3n) is 5.80. The lowest BCUT2D eigenvalue weighted by Crippen LogP contribution is -2.49. The summed E-state index contributed by atoms with van der Waals surface area (Å²) in [6.45, 7) is 1.54. The quantitative estimate of drug-likeness (QED) is 0.668. The third-order valence-corrected chi connectivity index (χ3v) is 8.99. The molecule has 1 aromatic rings. The predicted octanol–water partition coefficient (Wildman–Crippen LogP) is 1.41. The number of ether oxygens (including phenoxy) is 1. The van der Waals surface area contributed by atoms with E-state index in [0.29, 0.717) is 32.5 Å². The number of nitrogens with zero attached hydrogens (tertiary/aromatic N) is 2. The fraction of sp³-hybridized carbons (Fsp3) is 0.650. The second-order valence-electron chi connectivity index (χ2n) is 8.12. The molecule has 1 aromatic carbocycles. The van der Waals surface area contributed by atoms with Gasteiger partial charge in [-0.3, -0.25) is 4.79 Å². The second-order valence-corrected chi connectivity index (χ2v) is 12.0. The maximum Gasteiger partial charge on any atom is 0.251 e. The Kier molecular flexibility index (Phi) is 7.61. The Bertz CT molecular complexity index is 1000. The van der Waals surface area contributed by atoms with Crippen LogP contribution in [0.4, 0.5) is 0 Å². The Morgan fingerprint density at radius 3 is 2.26 bits per heavy atom. The van der Waals surface area contributed by atoms with Gasteiger partial charge in [0.1, 0.15) is 10.6 Å². The van der Waals surface area contributed by atoms with E-state index in [0.717, 1.165) is 31.9 Å². The van der Waals surface area contributed by atoms with E-state index in [1.807, 2.05) is 0 Å². The highest BCUT2D eigenvalue weighted by Gasteiger charge is 2.30. The fourth-order valence-electron chi connectivity index (χ4n) is 4.07. The number of rotatable bonds is 6. The molecule has 0 spiro atoms. The van der Waals surface area contributed by atoms with E-state index in [4.69, 9.17) is 4.74 Å². The summed E-state index contributed by atoms with van der Waals surface area (Å²) in [6, 6.07) is 4.03. The Morgan fingerprint density at radius 1 is 1.00 bits per heavy atom. The molecule has 0 bridgehead atoms. The van der Waals surface area contributed by atoms with E-state index >= 15 is 0 Å². The van der Waals surface area contributed by atoms with Crippen molar-refractivity contribution in [2.45, 2.75) is 49.5 Å². The van der Waals surface area contributed by atoms with Gasteiger partial charge in [0.15, 0.2) is 0 Å². The molecule has 2 aliphatic rings. The molecule has 2 saturated heterocycles. The van der Waals surface area contributed by atoms with Gasteiger partial charge in [0, 0.05) is 37.8 Å². The first-order chi connectivity index (χ1) is 14.6. The summed E-state index contributed by atoms with van der Waals surface area (Å²) >= 11 is 0. The van der Waals surface area contributed by atoms with E-state index in [1.165, 1.54) is 33.9 Å². The third kappa shape index (κ3) is 5.76. The van der Waals surface area contributed by atoms with Gasteiger partial charge in [-0.1, -0.05) is 12.8 Å². The van der Waals surface area contributed by atoms with Crippen molar-refractivity contribution in [2.75, 3.05) is 39.5 Å². The Hall–Kier alpha value is -1.69. The lowest BCUT2D eigenvalue weighted by molar-refractivity contribution is 0.0921. The summed E-state index contributed by atoms with van der Waals surface area (Å²) in [6.07, 6.45) is 6.07. The molecule has 2 fully saturated rings. The number of methoxy groups -OCH3 is 1. The molecular weight excluding hydrogens is 442 g/mol. The smallest absolute Gasteiger partial charge is 0.251 e. The molecule has 0 saturated carbocycles. The van der Waals surface area contributed by atoms with Crippen LogP contribution in [0.1, 0.15) is 48.9 Å². The number of nitrogens with one attached hydrogen (secondary N) is 1. The zero-order chi connectivity index (χ0) is 22.6. The first kappa shape index (κ1) is 24.0. The van der Waals surface area contributed by atoms with E-state index in [9.17, 15) is 21.6 Å². The topological polar surface area (TPSA) is 113 Å². The van der Waals surface area contributed by atoms with Crippen molar-refractivity contribution < 1.29 is 26.4 Å². The van der Waals surface area contributed by atoms with Gasteiger partial charge in [0.2, 0.25) is 20.0 Å². The highest BCUT2D eigenvalue weighted by molar-refractivity contribution is 7.89. The molecule has 11 heteroatoms. The fourth-order valence-corrected chi connectivity index (χ4v) is 6.68. The molecule has 0 aromatic heterocycles. The number of carbonyl (C=O) groups excluding carboxylic acids is 1. The summed E-state index contributed by atoms with van der Waals surface area (Å²) in [5, 5.41) is 2.85. The molecule has 2 aliphatic heterocycles. The molecular formula is C20H31N3O6S2. The van der Waals surface area contributed by atoms with Crippen LogP contribution in [0, 0.1) is 0 Å². The first-order valence-electron chi connectivity index (χ1n) is 10.6. The summed E-state index contributed by atoms with van der Waals surface area (Å²) in [5.74, 6) is -0.239. The monoisotopic (exact) mass is 473 g/mol. The van der Waals surface area contributed by atoms with Crippen LogP contribution < -0.4 is 10.1 Å². The molecule has 31 heavy (non-hydrogen) atoms. The van der Waals surface area contributed by atoms with Crippen LogP contribution in [-0.2, 0) is 20.0 Å². The molecule has 174 valence electrons. The maximum absolute atomic E-state index is 13.3. The SMILES string of the molecule is COc1ccc(C(=O)NC2CCCN(S(C)(=O)=O)C2)cc1S(=O)(=O)N1CCCCCC1. The number of benzene rings is 1. The Balaban J connectivity index is 1.82. The van der Waals surface area contributed by atoms with Crippen molar-refractivity contribution in [3.63, 3.8) is 0 Å². The van der Waals surface area contributed by atoms with Crippen LogP contribution in [0.2, 0.25) is 0 Å². The largest absolute Gasteiger partial charge is 0.495 e. The summed E-state index contributed by atoms with van der Waals surface area (Å²) in [7, 11) is -5.73. The highest BCUT2D eigenvalue weighted by Crippen LogP contribution is 2.29. The van der Waals surface area contributed by atoms with Gasteiger partial charge in [-0.2, -0.15) is 4.31 Å². The number of sulfonamides is 2. The average molecular weight is 474 g/mol. The molecule has 1 N–H and O–H groups in total. The van der Waals surface area contributed by atoms with Gasteiger partial charge in [-0.15, -0.1) is 0 Å². The van der Waals surface area contributed by atoms with Gasteiger partial charge >= 0.3 is 0 Å². The minimum Gasteiger partial charge on any atom is -0.495 e. The first-order valence-corrected chi connectivity index (χ1v) is 13.9. The number of hydrogen-bond acceptors (Lipinski definition) is 6. The van der Waals surface area contributed by atoms with Gasteiger partial charge in [0.05, 0.1) is 13.4 Å². The van der Waals surface area contributed by atoms with Gasteiger partial charge in [-0.05, 0) is 43.9 Å². The van der Waals surface area contributed by atoms with Crippen molar-refractivity contribution in [3.05, 3.63) is 23.8 Å². The van der Waals surface area contributed by atoms with Gasteiger partial charge in [-0.25, -0.2) is 21.1 Å². The lowest BCUT2D eigenvalue weighted by atomic mass is 10.1. The van der Waals surface area contributed by atoms with Gasteiger partial charge in [0.25, 0.3) is 5.91 Å².